The Labute approximate surface area is 150 Å². The lowest BCUT2D eigenvalue weighted by Gasteiger charge is -2.23. The third-order valence-corrected chi connectivity index (χ3v) is 4.88. The molecule has 0 unspecified atom stereocenters. The molecule has 0 spiro atoms. The predicted octanol–water partition coefficient (Wildman–Crippen LogP) is 4.27. The van der Waals surface area contributed by atoms with Crippen molar-refractivity contribution in [3.8, 4) is 0 Å². The van der Waals surface area contributed by atoms with Crippen LogP contribution in [0.1, 0.15) is 23.6 Å². The van der Waals surface area contributed by atoms with E-state index in [1.165, 1.54) is 4.90 Å². The van der Waals surface area contributed by atoms with E-state index in [1.807, 2.05) is 31.2 Å². The van der Waals surface area contributed by atoms with E-state index < -0.39 is 11.6 Å². The minimum absolute atomic E-state index is 0.220. The lowest BCUT2D eigenvalue weighted by Crippen LogP contribution is -2.41. The molecule has 1 N–H and O–H groups in total. The van der Waals surface area contributed by atoms with Crippen molar-refractivity contribution in [3.63, 3.8) is 0 Å². The Hall–Kier alpha value is -2.04. The average molecular weight is 363 g/mol. The first-order valence-corrected chi connectivity index (χ1v) is 8.22. The highest BCUT2D eigenvalue weighted by Crippen LogP contribution is 2.35. The lowest BCUT2D eigenvalue weighted by atomic mass is 9.92. The van der Waals surface area contributed by atoms with Crippen LogP contribution in [-0.4, -0.2) is 16.8 Å². The van der Waals surface area contributed by atoms with E-state index in [1.54, 1.807) is 25.1 Å². The fourth-order valence-corrected chi connectivity index (χ4v) is 3.47. The minimum Gasteiger partial charge on any atom is -0.319 e. The maximum atomic E-state index is 12.9. The van der Waals surface area contributed by atoms with Crippen LogP contribution in [0.3, 0.4) is 0 Å². The number of hydrogen-bond acceptors (Lipinski definition) is 2. The number of urea groups is 1. The number of halogens is 2. The summed E-state index contributed by atoms with van der Waals surface area (Å²) in [6.07, 6.45) is 0. The smallest absolute Gasteiger partial charge is 0.319 e. The van der Waals surface area contributed by atoms with E-state index in [2.05, 4.69) is 5.32 Å². The Morgan fingerprint density at radius 3 is 2.50 bits per heavy atom. The van der Waals surface area contributed by atoms with E-state index in [4.69, 9.17) is 23.2 Å². The topological polar surface area (TPSA) is 49.4 Å². The molecule has 1 atom stereocenters. The van der Waals surface area contributed by atoms with Crippen molar-refractivity contribution in [3.05, 3.63) is 69.2 Å². The quantitative estimate of drug-likeness (QED) is 0.828. The summed E-state index contributed by atoms with van der Waals surface area (Å²) in [4.78, 5) is 26.5. The molecule has 3 rings (SSSR count). The van der Waals surface area contributed by atoms with Crippen LogP contribution in [0.4, 0.5) is 4.79 Å². The van der Waals surface area contributed by atoms with Gasteiger partial charge in [0.1, 0.15) is 5.54 Å². The third kappa shape index (κ3) is 2.76. The van der Waals surface area contributed by atoms with Gasteiger partial charge in [-0.3, -0.25) is 9.69 Å². The Bertz CT molecular complexity index is 838. The van der Waals surface area contributed by atoms with E-state index in [-0.39, 0.29) is 12.5 Å². The van der Waals surface area contributed by atoms with Gasteiger partial charge in [0, 0.05) is 15.6 Å². The van der Waals surface area contributed by atoms with Crippen LogP contribution in [0.25, 0.3) is 0 Å². The monoisotopic (exact) mass is 362 g/mol. The van der Waals surface area contributed by atoms with Crippen molar-refractivity contribution < 1.29 is 9.59 Å². The second kappa shape index (κ2) is 6.11. The van der Waals surface area contributed by atoms with Crippen molar-refractivity contribution in [2.75, 3.05) is 0 Å². The van der Waals surface area contributed by atoms with Gasteiger partial charge in [0.25, 0.3) is 5.91 Å². The number of carbonyl (C=O) groups is 2. The predicted molar refractivity (Wildman–Crippen MR) is 94.1 cm³/mol. The zero-order chi connectivity index (χ0) is 17.5. The van der Waals surface area contributed by atoms with Crippen LogP contribution in [0.5, 0.6) is 0 Å². The summed E-state index contributed by atoms with van der Waals surface area (Å²) in [5, 5.41) is 3.57. The maximum Gasteiger partial charge on any atom is 0.325 e. The molecule has 0 aromatic heterocycles. The maximum absolute atomic E-state index is 12.9. The van der Waals surface area contributed by atoms with Crippen molar-refractivity contribution in [2.24, 2.45) is 0 Å². The zero-order valence-corrected chi connectivity index (χ0v) is 14.8. The highest BCUT2D eigenvalue weighted by molar-refractivity contribution is 6.35. The van der Waals surface area contributed by atoms with Crippen molar-refractivity contribution >= 4 is 35.1 Å². The number of aryl methyl sites for hydroxylation is 1. The number of imide groups is 1. The Kier molecular flexibility index (Phi) is 4.28. The summed E-state index contributed by atoms with van der Waals surface area (Å²) in [6, 6.07) is 12.1. The second-order valence-electron chi connectivity index (χ2n) is 6.00. The summed E-state index contributed by atoms with van der Waals surface area (Å²) < 4.78 is 0. The normalized spacial score (nSPS) is 20.4. The van der Waals surface area contributed by atoms with Gasteiger partial charge in [-0.05, 0) is 37.1 Å². The first-order valence-electron chi connectivity index (χ1n) is 7.47. The fraction of sp³-hybridized carbons (Fsp3) is 0.222. The highest BCUT2D eigenvalue weighted by Gasteiger charge is 2.49. The second-order valence-corrected chi connectivity index (χ2v) is 6.84. The Morgan fingerprint density at radius 2 is 1.83 bits per heavy atom. The molecule has 1 saturated heterocycles. The van der Waals surface area contributed by atoms with Gasteiger partial charge in [-0.2, -0.15) is 0 Å². The van der Waals surface area contributed by atoms with E-state index in [9.17, 15) is 9.59 Å². The molecule has 6 heteroatoms. The van der Waals surface area contributed by atoms with Gasteiger partial charge in [0.05, 0.1) is 6.54 Å². The molecule has 0 radical (unpaired) electrons. The third-order valence-electron chi connectivity index (χ3n) is 4.33. The molecule has 1 aliphatic rings. The minimum atomic E-state index is -1.21. The van der Waals surface area contributed by atoms with Gasteiger partial charge >= 0.3 is 6.03 Å². The van der Waals surface area contributed by atoms with Crippen LogP contribution in [0.15, 0.2) is 42.5 Å². The lowest BCUT2D eigenvalue weighted by molar-refractivity contribution is -0.131. The van der Waals surface area contributed by atoms with E-state index in [0.717, 1.165) is 11.1 Å². The average Bonchev–Trinajstić information content (AvgIpc) is 2.73. The van der Waals surface area contributed by atoms with Crippen molar-refractivity contribution in [1.29, 1.82) is 0 Å². The number of benzene rings is 2. The summed E-state index contributed by atoms with van der Waals surface area (Å²) in [7, 11) is 0. The summed E-state index contributed by atoms with van der Waals surface area (Å²) in [5.41, 5.74) is 1.27. The molecule has 1 heterocycles. The molecule has 124 valence electrons. The summed E-state index contributed by atoms with van der Waals surface area (Å²) >= 11 is 12.2. The Balaban J connectivity index is 1.95. The summed E-state index contributed by atoms with van der Waals surface area (Å²) in [6.45, 7) is 3.82. The SMILES string of the molecule is Cc1ccccc1CN1C(=O)N[C@@](C)(c2ccc(Cl)cc2Cl)C1=O. The van der Waals surface area contributed by atoms with Crippen LogP contribution < -0.4 is 5.32 Å². The zero-order valence-electron chi connectivity index (χ0n) is 13.3. The molecule has 1 aliphatic heterocycles. The molecule has 2 aromatic carbocycles. The van der Waals surface area contributed by atoms with Gasteiger partial charge in [0.15, 0.2) is 0 Å². The first-order chi connectivity index (χ1) is 11.3. The number of nitrogens with zero attached hydrogens (tertiary/aromatic N) is 1. The molecule has 2 aromatic rings. The molecule has 0 bridgehead atoms. The molecule has 0 aliphatic carbocycles. The van der Waals surface area contributed by atoms with Gasteiger partial charge in [-0.15, -0.1) is 0 Å². The van der Waals surface area contributed by atoms with Crippen molar-refractivity contribution in [2.45, 2.75) is 25.9 Å². The standard InChI is InChI=1S/C18H16Cl2N2O2/c1-11-5-3-4-6-12(11)10-22-16(23)18(2,21-17(22)24)14-8-7-13(19)9-15(14)20/h3-9H,10H2,1-2H3,(H,21,24)/t18-/m0/s1. The number of amides is 3. The molecule has 0 saturated carbocycles. The molecular weight excluding hydrogens is 347 g/mol. The number of nitrogens with one attached hydrogen (secondary N) is 1. The van der Waals surface area contributed by atoms with E-state index in [0.29, 0.717) is 15.6 Å². The largest absolute Gasteiger partial charge is 0.325 e. The number of hydrogen-bond donors (Lipinski definition) is 1. The molecule has 3 amide bonds. The molecule has 24 heavy (non-hydrogen) atoms. The van der Waals surface area contributed by atoms with Gasteiger partial charge in [-0.25, -0.2) is 4.79 Å². The molecule has 1 fully saturated rings. The Morgan fingerprint density at radius 1 is 1.12 bits per heavy atom. The van der Waals surface area contributed by atoms with Crippen LogP contribution in [-0.2, 0) is 16.9 Å². The van der Waals surface area contributed by atoms with Crippen molar-refractivity contribution in [1.82, 2.24) is 10.2 Å². The molecular formula is C18H16Cl2N2O2. The summed E-state index contributed by atoms with van der Waals surface area (Å²) in [5.74, 6) is -0.333. The molecule has 4 nitrogen and oxygen atoms in total. The highest BCUT2D eigenvalue weighted by atomic mass is 35.5. The number of rotatable bonds is 3. The first kappa shape index (κ1) is 16.8. The van der Waals surface area contributed by atoms with Crippen LogP contribution in [0.2, 0.25) is 10.0 Å². The van der Waals surface area contributed by atoms with Gasteiger partial charge in [-0.1, -0.05) is 53.5 Å². The van der Waals surface area contributed by atoms with Crippen LogP contribution >= 0.6 is 23.2 Å². The van der Waals surface area contributed by atoms with E-state index >= 15 is 0 Å². The number of carbonyl (C=O) groups excluding carboxylic acids is 2. The van der Waals surface area contributed by atoms with Crippen LogP contribution in [0, 0.1) is 6.92 Å². The van der Waals surface area contributed by atoms with Gasteiger partial charge in [0.2, 0.25) is 0 Å². The van der Waals surface area contributed by atoms with Gasteiger partial charge < -0.3 is 5.32 Å². The fourth-order valence-electron chi connectivity index (χ4n) is 2.88.